The average Bonchev–Trinajstić information content (AvgIpc) is 3.29. The number of sulfonamides is 1. The van der Waals surface area contributed by atoms with E-state index in [2.05, 4.69) is 10.2 Å². The van der Waals surface area contributed by atoms with Crippen LogP contribution in [0.4, 0.5) is 0 Å². The van der Waals surface area contributed by atoms with Gasteiger partial charge < -0.3 is 13.9 Å². The van der Waals surface area contributed by atoms with Gasteiger partial charge in [0.2, 0.25) is 21.8 Å². The summed E-state index contributed by atoms with van der Waals surface area (Å²) in [6.45, 7) is 2.75. The Kier molecular flexibility index (Phi) is 5.97. The molecule has 1 aliphatic heterocycles. The highest BCUT2D eigenvalue weighted by Crippen LogP contribution is 2.35. The standard InChI is InChI=1S/C22H25N3O5S/c1-15-4-6-16(7-5-15)21-23-24-22(30-21)17-10-12-25(13-11-17)31(26,27)20-9-8-18(28-2)14-19(20)29-3/h4-9,14,17H,10-13H2,1-3H3. The van der Waals surface area contributed by atoms with E-state index in [-0.39, 0.29) is 16.6 Å². The van der Waals surface area contributed by atoms with Gasteiger partial charge in [0.1, 0.15) is 16.4 Å². The summed E-state index contributed by atoms with van der Waals surface area (Å²) in [5, 5.41) is 8.38. The lowest BCUT2D eigenvalue weighted by Crippen LogP contribution is -2.38. The molecule has 1 saturated heterocycles. The third-order valence-electron chi connectivity index (χ3n) is 5.53. The fourth-order valence-corrected chi connectivity index (χ4v) is 5.29. The van der Waals surface area contributed by atoms with Crippen molar-refractivity contribution in [1.29, 1.82) is 0 Å². The average molecular weight is 444 g/mol. The minimum absolute atomic E-state index is 0.0240. The van der Waals surface area contributed by atoms with Gasteiger partial charge in [-0.1, -0.05) is 17.7 Å². The minimum Gasteiger partial charge on any atom is -0.497 e. The Balaban J connectivity index is 1.47. The maximum Gasteiger partial charge on any atom is 0.247 e. The van der Waals surface area contributed by atoms with Crippen LogP contribution in [0.15, 0.2) is 51.8 Å². The monoisotopic (exact) mass is 443 g/mol. The number of rotatable bonds is 6. The lowest BCUT2D eigenvalue weighted by atomic mass is 9.98. The summed E-state index contributed by atoms with van der Waals surface area (Å²) < 4.78 is 44.2. The van der Waals surface area contributed by atoms with Gasteiger partial charge in [-0.3, -0.25) is 0 Å². The Bertz CT molecular complexity index is 1150. The predicted molar refractivity (Wildman–Crippen MR) is 115 cm³/mol. The van der Waals surface area contributed by atoms with Crippen LogP contribution in [0.25, 0.3) is 11.5 Å². The summed E-state index contributed by atoms with van der Waals surface area (Å²) in [5.41, 5.74) is 2.03. The number of nitrogens with zero attached hydrogens (tertiary/aromatic N) is 3. The lowest BCUT2D eigenvalue weighted by molar-refractivity contribution is 0.290. The first-order valence-corrected chi connectivity index (χ1v) is 11.5. The zero-order valence-corrected chi connectivity index (χ0v) is 18.6. The van der Waals surface area contributed by atoms with E-state index >= 15 is 0 Å². The molecule has 4 rings (SSSR count). The van der Waals surface area contributed by atoms with Crippen molar-refractivity contribution in [2.24, 2.45) is 0 Å². The molecular formula is C22H25N3O5S. The van der Waals surface area contributed by atoms with Crippen LogP contribution in [-0.4, -0.2) is 50.2 Å². The summed E-state index contributed by atoms with van der Waals surface area (Å²) in [5.74, 6) is 1.86. The zero-order valence-electron chi connectivity index (χ0n) is 17.7. The first kappa shape index (κ1) is 21.3. The fourth-order valence-electron chi connectivity index (χ4n) is 3.68. The highest BCUT2D eigenvalue weighted by molar-refractivity contribution is 7.89. The molecule has 1 aliphatic rings. The fraction of sp³-hybridized carbons (Fsp3) is 0.364. The van der Waals surface area contributed by atoms with E-state index in [1.807, 2.05) is 31.2 Å². The largest absolute Gasteiger partial charge is 0.497 e. The second-order valence-electron chi connectivity index (χ2n) is 7.51. The number of aromatic nitrogens is 2. The van der Waals surface area contributed by atoms with Gasteiger partial charge >= 0.3 is 0 Å². The number of ether oxygens (including phenoxy) is 2. The number of hydrogen-bond donors (Lipinski definition) is 0. The molecule has 9 heteroatoms. The molecule has 0 spiro atoms. The molecule has 164 valence electrons. The molecule has 0 aliphatic carbocycles. The van der Waals surface area contributed by atoms with Crippen LogP contribution in [-0.2, 0) is 10.0 Å². The van der Waals surface area contributed by atoms with Crippen molar-refractivity contribution < 1.29 is 22.3 Å². The molecule has 8 nitrogen and oxygen atoms in total. The van der Waals surface area contributed by atoms with Crippen molar-refractivity contribution >= 4 is 10.0 Å². The van der Waals surface area contributed by atoms with E-state index in [9.17, 15) is 8.42 Å². The van der Waals surface area contributed by atoms with E-state index in [4.69, 9.17) is 13.9 Å². The van der Waals surface area contributed by atoms with Gasteiger partial charge in [-0.25, -0.2) is 8.42 Å². The second-order valence-corrected chi connectivity index (χ2v) is 9.41. The number of methoxy groups -OCH3 is 2. The van der Waals surface area contributed by atoms with Crippen LogP contribution in [0.3, 0.4) is 0 Å². The predicted octanol–water partition coefficient (Wildman–Crippen LogP) is 3.63. The van der Waals surface area contributed by atoms with Crippen LogP contribution in [0.2, 0.25) is 0 Å². The van der Waals surface area contributed by atoms with Crippen LogP contribution in [0.5, 0.6) is 11.5 Å². The zero-order chi connectivity index (χ0) is 22.0. The summed E-state index contributed by atoms with van der Waals surface area (Å²) in [7, 11) is -0.722. The third-order valence-corrected chi connectivity index (χ3v) is 7.47. The highest BCUT2D eigenvalue weighted by atomic mass is 32.2. The molecule has 0 radical (unpaired) electrons. The molecule has 0 amide bonds. The summed E-state index contributed by atoms with van der Waals surface area (Å²) >= 11 is 0. The van der Waals surface area contributed by atoms with Gasteiger partial charge in [0.25, 0.3) is 0 Å². The minimum atomic E-state index is -3.69. The van der Waals surface area contributed by atoms with Gasteiger partial charge in [-0.05, 0) is 44.0 Å². The van der Waals surface area contributed by atoms with E-state index in [1.54, 1.807) is 12.1 Å². The van der Waals surface area contributed by atoms with Crippen molar-refractivity contribution in [2.75, 3.05) is 27.3 Å². The van der Waals surface area contributed by atoms with Crippen LogP contribution in [0, 0.1) is 6.92 Å². The number of hydrogen-bond acceptors (Lipinski definition) is 7. The number of aryl methyl sites for hydroxylation is 1. The van der Waals surface area contributed by atoms with E-state index in [1.165, 1.54) is 24.6 Å². The van der Waals surface area contributed by atoms with Crippen LogP contribution in [0.1, 0.15) is 30.2 Å². The molecule has 3 aromatic rings. The van der Waals surface area contributed by atoms with Gasteiger partial charge in [0.05, 0.1) is 14.2 Å². The Morgan fingerprint density at radius 2 is 1.71 bits per heavy atom. The molecule has 0 atom stereocenters. The van der Waals surface area contributed by atoms with E-state index < -0.39 is 10.0 Å². The Labute approximate surface area is 181 Å². The first-order chi connectivity index (χ1) is 14.9. The molecule has 0 bridgehead atoms. The lowest BCUT2D eigenvalue weighted by Gasteiger charge is -2.30. The number of benzene rings is 2. The van der Waals surface area contributed by atoms with E-state index in [0.29, 0.717) is 43.5 Å². The molecule has 0 N–H and O–H groups in total. The maximum absolute atomic E-state index is 13.2. The molecule has 2 heterocycles. The van der Waals surface area contributed by atoms with Crippen molar-refractivity contribution in [3.63, 3.8) is 0 Å². The molecule has 0 saturated carbocycles. The smallest absolute Gasteiger partial charge is 0.247 e. The van der Waals surface area contributed by atoms with Crippen LogP contribution < -0.4 is 9.47 Å². The van der Waals surface area contributed by atoms with Crippen molar-refractivity contribution in [3.8, 4) is 23.0 Å². The van der Waals surface area contributed by atoms with Gasteiger partial charge in [-0.2, -0.15) is 4.31 Å². The van der Waals surface area contributed by atoms with Gasteiger partial charge in [0.15, 0.2) is 0 Å². The summed E-state index contributed by atoms with van der Waals surface area (Å²) in [6.07, 6.45) is 1.21. The SMILES string of the molecule is COc1ccc(S(=O)(=O)N2CCC(c3nnc(-c4ccc(C)cc4)o3)CC2)c(OC)c1. The molecule has 0 unspecified atom stereocenters. The summed E-state index contributed by atoms with van der Waals surface area (Å²) in [4.78, 5) is 0.133. The highest BCUT2D eigenvalue weighted by Gasteiger charge is 2.33. The second kappa shape index (κ2) is 8.68. The molecule has 31 heavy (non-hydrogen) atoms. The van der Waals surface area contributed by atoms with Crippen molar-refractivity contribution in [2.45, 2.75) is 30.6 Å². The van der Waals surface area contributed by atoms with Crippen LogP contribution >= 0.6 is 0 Å². The summed E-state index contributed by atoms with van der Waals surface area (Å²) in [6, 6.07) is 12.6. The van der Waals surface area contributed by atoms with Gasteiger partial charge in [-0.15, -0.1) is 10.2 Å². The Hall–Kier alpha value is -2.91. The molecule has 1 aromatic heterocycles. The molecule has 1 fully saturated rings. The van der Waals surface area contributed by atoms with Crippen molar-refractivity contribution in [3.05, 3.63) is 53.9 Å². The molecular weight excluding hydrogens is 418 g/mol. The Morgan fingerprint density at radius 1 is 1.00 bits per heavy atom. The molecule has 2 aromatic carbocycles. The topological polar surface area (TPSA) is 94.8 Å². The quantitative estimate of drug-likeness (QED) is 0.574. The van der Waals surface area contributed by atoms with Crippen molar-refractivity contribution in [1.82, 2.24) is 14.5 Å². The Morgan fingerprint density at radius 3 is 2.35 bits per heavy atom. The van der Waals surface area contributed by atoms with E-state index in [0.717, 1.165) is 11.1 Å². The normalized spacial score (nSPS) is 15.7. The number of piperidine rings is 1. The first-order valence-electron chi connectivity index (χ1n) is 10.0. The van der Waals surface area contributed by atoms with Gasteiger partial charge in [0, 0.05) is 30.6 Å². The maximum atomic E-state index is 13.2. The third kappa shape index (κ3) is 4.28.